The van der Waals surface area contributed by atoms with Crippen molar-refractivity contribution in [1.82, 2.24) is 4.90 Å². The molecule has 1 rings (SSSR count). The number of carbonyl (C=O) groups excluding carboxylic acids is 2. The van der Waals surface area contributed by atoms with E-state index in [0.29, 0.717) is 12.0 Å². The Morgan fingerprint density at radius 1 is 1.41 bits per heavy atom. The Kier molecular flexibility index (Phi) is 7.07. The summed E-state index contributed by atoms with van der Waals surface area (Å²) in [5, 5.41) is 10.3. The van der Waals surface area contributed by atoms with Crippen LogP contribution in [0.1, 0.15) is 53.4 Å². The lowest BCUT2D eigenvalue weighted by atomic mass is 9.92. The second-order valence-electron chi connectivity index (χ2n) is 6.45. The largest absolute Gasteiger partial charge is 0.447 e. The van der Waals surface area contributed by atoms with Crippen LogP contribution in [0.2, 0.25) is 0 Å². The number of rotatable bonds is 8. The highest BCUT2D eigenvalue weighted by Crippen LogP contribution is 2.25. The molecule has 2 unspecified atom stereocenters. The summed E-state index contributed by atoms with van der Waals surface area (Å²) in [4.78, 5) is 25.6. The Morgan fingerprint density at radius 3 is 2.59 bits per heavy atom. The second-order valence-corrected chi connectivity index (χ2v) is 6.45. The molecule has 2 amide bonds. The monoisotopic (exact) mass is 311 g/mol. The molecular formula is C17H29NO4. The molecule has 0 spiro atoms. The third-order valence-corrected chi connectivity index (χ3v) is 4.30. The van der Waals surface area contributed by atoms with Crippen LogP contribution in [0, 0.1) is 11.8 Å². The molecule has 0 aromatic heterocycles. The molecule has 5 heteroatoms. The lowest BCUT2D eigenvalue weighted by Crippen LogP contribution is -2.47. The van der Waals surface area contributed by atoms with Crippen molar-refractivity contribution in [3.63, 3.8) is 0 Å². The van der Waals surface area contributed by atoms with E-state index in [4.69, 9.17) is 4.74 Å². The SMILES string of the molecule is C=C(CCCCC)C(O)C(C)C(=O)N1C(=O)OC[C@@H]1C(C)C. The van der Waals surface area contributed by atoms with Crippen molar-refractivity contribution in [3.8, 4) is 0 Å². The summed E-state index contributed by atoms with van der Waals surface area (Å²) in [7, 11) is 0. The third kappa shape index (κ3) is 4.32. The van der Waals surface area contributed by atoms with E-state index < -0.39 is 18.1 Å². The van der Waals surface area contributed by atoms with Gasteiger partial charge in [0.05, 0.1) is 18.1 Å². The summed E-state index contributed by atoms with van der Waals surface area (Å²) in [6, 6.07) is -0.261. The molecule has 0 bridgehead atoms. The van der Waals surface area contributed by atoms with Crippen molar-refractivity contribution < 1.29 is 19.4 Å². The van der Waals surface area contributed by atoms with E-state index in [0.717, 1.165) is 24.2 Å². The van der Waals surface area contributed by atoms with Crippen molar-refractivity contribution in [2.24, 2.45) is 11.8 Å². The van der Waals surface area contributed by atoms with E-state index in [1.165, 1.54) is 0 Å². The fraction of sp³-hybridized carbons (Fsp3) is 0.765. The summed E-state index contributed by atoms with van der Waals surface area (Å²) >= 11 is 0. The first-order valence-electron chi connectivity index (χ1n) is 8.16. The van der Waals surface area contributed by atoms with Crippen molar-refractivity contribution in [2.45, 2.75) is 65.5 Å². The predicted octanol–water partition coefficient (Wildman–Crippen LogP) is 3.12. The van der Waals surface area contributed by atoms with Crippen molar-refractivity contribution >= 4 is 12.0 Å². The topological polar surface area (TPSA) is 66.8 Å². The number of hydrogen-bond donors (Lipinski definition) is 1. The Balaban J connectivity index is 2.70. The van der Waals surface area contributed by atoms with Crippen molar-refractivity contribution in [1.29, 1.82) is 0 Å². The van der Waals surface area contributed by atoms with Gasteiger partial charge >= 0.3 is 6.09 Å². The number of cyclic esters (lactones) is 1. The molecule has 0 aromatic rings. The number of amides is 2. The van der Waals surface area contributed by atoms with Gasteiger partial charge in [0, 0.05) is 0 Å². The van der Waals surface area contributed by atoms with Crippen LogP contribution in [0.25, 0.3) is 0 Å². The zero-order chi connectivity index (χ0) is 16.9. The molecule has 22 heavy (non-hydrogen) atoms. The summed E-state index contributed by atoms with van der Waals surface area (Å²) < 4.78 is 4.99. The van der Waals surface area contributed by atoms with Crippen LogP contribution in [-0.4, -0.2) is 40.8 Å². The molecule has 3 atom stereocenters. The van der Waals surface area contributed by atoms with Gasteiger partial charge < -0.3 is 9.84 Å². The Bertz CT molecular complexity index is 419. The van der Waals surface area contributed by atoms with E-state index in [9.17, 15) is 14.7 Å². The maximum absolute atomic E-state index is 12.6. The molecule has 0 saturated carbocycles. The smallest absolute Gasteiger partial charge is 0.416 e. The number of unbranched alkanes of at least 4 members (excludes halogenated alkanes) is 2. The number of imide groups is 1. The maximum atomic E-state index is 12.6. The number of carbonyl (C=O) groups is 2. The van der Waals surface area contributed by atoms with Gasteiger partial charge in [0.1, 0.15) is 6.61 Å². The molecule has 1 fully saturated rings. The molecule has 0 aliphatic carbocycles. The van der Waals surface area contributed by atoms with Crippen LogP contribution < -0.4 is 0 Å². The standard InChI is InChI=1S/C17H29NO4/c1-6-7-8-9-12(4)15(19)13(5)16(20)18-14(11(2)3)10-22-17(18)21/h11,13-15,19H,4,6-10H2,1-3,5H3/t13?,14-,15?/m1/s1. The van der Waals surface area contributed by atoms with E-state index in [1.807, 2.05) is 13.8 Å². The molecule has 0 radical (unpaired) electrons. The lowest BCUT2D eigenvalue weighted by molar-refractivity contribution is -0.136. The van der Waals surface area contributed by atoms with Gasteiger partial charge in [0.15, 0.2) is 0 Å². The van der Waals surface area contributed by atoms with Gasteiger partial charge in [0.2, 0.25) is 5.91 Å². The average molecular weight is 311 g/mol. The summed E-state index contributed by atoms with van der Waals surface area (Å²) in [5.41, 5.74) is 0.656. The third-order valence-electron chi connectivity index (χ3n) is 4.30. The average Bonchev–Trinajstić information content (AvgIpc) is 2.87. The van der Waals surface area contributed by atoms with Crippen LogP contribution in [0.3, 0.4) is 0 Å². The Labute approximate surface area is 133 Å². The molecule has 1 heterocycles. The lowest BCUT2D eigenvalue weighted by Gasteiger charge is -2.28. The van der Waals surface area contributed by atoms with Gasteiger partial charge in [0.25, 0.3) is 0 Å². The summed E-state index contributed by atoms with van der Waals surface area (Å²) in [6.07, 6.45) is 2.28. The van der Waals surface area contributed by atoms with Gasteiger partial charge in [-0.05, 0) is 24.3 Å². The molecule has 0 aromatic carbocycles. The Morgan fingerprint density at radius 2 is 2.05 bits per heavy atom. The number of hydrogen-bond acceptors (Lipinski definition) is 4. The van der Waals surface area contributed by atoms with Crippen molar-refractivity contribution in [3.05, 3.63) is 12.2 Å². The van der Waals surface area contributed by atoms with Gasteiger partial charge in [-0.15, -0.1) is 0 Å². The van der Waals surface area contributed by atoms with Crippen LogP contribution in [0.5, 0.6) is 0 Å². The molecule has 5 nitrogen and oxygen atoms in total. The number of ether oxygens (including phenoxy) is 1. The fourth-order valence-corrected chi connectivity index (χ4v) is 2.64. The number of aliphatic hydroxyl groups excluding tert-OH is 1. The molecule has 1 saturated heterocycles. The van der Waals surface area contributed by atoms with E-state index in [-0.39, 0.29) is 24.5 Å². The maximum Gasteiger partial charge on any atom is 0.416 e. The highest BCUT2D eigenvalue weighted by molar-refractivity contribution is 5.95. The Hall–Kier alpha value is -1.36. The van der Waals surface area contributed by atoms with Crippen LogP contribution in [0.15, 0.2) is 12.2 Å². The fourth-order valence-electron chi connectivity index (χ4n) is 2.64. The zero-order valence-corrected chi connectivity index (χ0v) is 14.2. The van der Waals surface area contributed by atoms with Gasteiger partial charge in [-0.2, -0.15) is 0 Å². The molecular weight excluding hydrogens is 282 g/mol. The van der Waals surface area contributed by atoms with Gasteiger partial charge in [-0.1, -0.05) is 47.1 Å². The van der Waals surface area contributed by atoms with E-state index in [1.54, 1.807) is 6.92 Å². The van der Waals surface area contributed by atoms with E-state index >= 15 is 0 Å². The summed E-state index contributed by atoms with van der Waals surface area (Å²) in [5.74, 6) is -0.959. The van der Waals surface area contributed by atoms with Crippen LogP contribution >= 0.6 is 0 Å². The van der Waals surface area contributed by atoms with Crippen LogP contribution in [0.4, 0.5) is 4.79 Å². The van der Waals surface area contributed by atoms with Crippen molar-refractivity contribution in [2.75, 3.05) is 6.61 Å². The van der Waals surface area contributed by atoms with E-state index in [2.05, 4.69) is 13.5 Å². The summed E-state index contributed by atoms with van der Waals surface area (Å²) in [6.45, 7) is 11.7. The quantitative estimate of drug-likeness (QED) is 0.552. The zero-order valence-electron chi connectivity index (χ0n) is 14.2. The van der Waals surface area contributed by atoms with Gasteiger partial charge in [-0.3, -0.25) is 4.79 Å². The minimum Gasteiger partial charge on any atom is -0.447 e. The number of nitrogens with zero attached hydrogens (tertiary/aromatic N) is 1. The molecule has 126 valence electrons. The second kappa shape index (κ2) is 8.32. The predicted molar refractivity (Wildman–Crippen MR) is 85.3 cm³/mol. The highest BCUT2D eigenvalue weighted by atomic mass is 16.6. The highest BCUT2D eigenvalue weighted by Gasteiger charge is 2.42. The first-order chi connectivity index (χ1) is 10.3. The first kappa shape index (κ1) is 18.7. The molecule has 1 N–H and O–H groups in total. The molecule has 1 aliphatic heterocycles. The minimum absolute atomic E-state index is 0.118. The van der Waals surface area contributed by atoms with Gasteiger partial charge in [-0.25, -0.2) is 9.69 Å². The first-order valence-corrected chi connectivity index (χ1v) is 8.16. The number of aliphatic hydroxyl groups is 1. The minimum atomic E-state index is -0.925. The van der Waals surface area contributed by atoms with Crippen LogP contribution in [-0.2, 0) is 9.53 Å². The molecule has 1 aliphatic rings. The normalized spacial score (nSPS) is 20.9.